The van der Waals surface area contributed by atoms with Gasteiger partial charge in [0.1, 0.15) is 0 Å². The Morgan fingerprint density at radius 1 is 1.00 bits per heavy atom. The Kier molecular flexibility index (Phi) is 7.32. The van der Waals surface area contributed by atoms with Gasteiger partial charge in [-0.25, -0.2) is 0 Å². The van der Waals surface area contributed by atoms with Gasteiger partial charge in [-0.1, -0.05) is 36.4 Å². The Morgan fingerprint density at radius 3 is 2.45 bits per heavy atom. The van der Waals surface area contributed by atoms with Gasteiger partial charge in [0.05, 0.1) is 5.92 Å². The molecule has 4 heteroatoms. The zero-order valence-corrected chi connectivity index (χ0v) is 18.4. The second kappa shape index (κ2) is 9.93. The second-order valence-electron chi connectivity index (χ2n) is 8.34. The van der Waals surface area contributed by atoms with Crippen LogP contribution in [0, 0.1) is 20.8 Å². The maximum atomic E-state index is 12.5. The largest absolute Gasteiger partial charge is 0.369 e. The monoisotopic (exact) mass is 393 g/mol. The number of nitrogens with one attached hydrogen (secondary N) is 1. The van der Waals surface area contributed by atoms with Crippen molar-refractivity contribution in [2.45, 2.75) is 40.0 Å². The van der Waals surface area contributed by atoms with E-state index >= 15 is 0 Å². The number of carbonyl (C=O) groups is 1. The van der Waals surface area contributed by atoms with E-state index in [0.29, 0.717) is 0 Å². The van der Waals surface area contributed by atoms with Crippen LogP contribution in [0.2, 0.25) is 0 Å². The van der Waals surface area contributed by atoms with Crippen LogP contribution in [0.1, 0.15) is 41.5 Å². The van der Waals surface area contributed by atoms with E-state index in [9.17, 15) is 4.79 Å². The molecule has 29 heavy (non-hydrogen) atoms. The first kappa shape index (κ1) is 21.4. The molecule has 4 nitrogen and oxygen atoms in total. The molecule has 0 aliphatic carbocycles. The molecule has 2 aromatic rings. The van der Waals surface area contributed by atoms with E-state index in [2.05, 4.69) is 66.2 Å². The van der Waals surface area contributed by atoms with Crippen molar-refractivity contribution in [1.82, 2.24) is 10.2 Å². The van der Waals surface area contributed by atoms with Crippen LogP contribution < -0.4 is 10.2 Å². The number of aryl methyl sites for hydroxylation is 3. The molecule has 2 aromatic carbocycles. The molecule has 1 saturated heterocycles. The highest BCUT2D eigenvalue weighted by molar-refractivity contribution is 5.83. The molecule has 1 aliphatic heterocycles. The molecule has 0 saturated carbocycles. The van der Waals surface area contributed by atoms with Gasteiger partial charge in [-0.3, -0.25) is 9.69 Å². The molecule has 3 rings (SSSR count). The predicted molar refractivity (Wildman–Crippen MR) is 122 cm³/mol. The summed E-state index contributed by atoms with van der Waals surface area (Å²) in [5, 5.41) is 3.12. The topological polar surface area (TPSA) is 35.6 Å². The lowest BCUT2D eigenvalue weighted by atomic mass is 9.96. The number of nitrogens with zero attached hydrogens (tertiary/aromatic N) is 2. The molecule has 156 valence electrons. The number of carbonyl (C=O) groups excluding carboxylic acids is 1. The lowest BCUT2D eigenvalue weighted by Gasteiger charge is -2.37. The number of piperazine rings is 1. The van der Waals surface area contributed by atoms with Crippen molar-refractivity contribution in [1.29, 1.82) is 0 Å². The van der Waals surface area contributed by atoms with Crippen LogP contribution in [-0.2, 0) is 4.79 Å². The van der Waals surface area contributed by atoms with Crippen molar-refractivity contribution in [3.63, 3.8) is 0 Å². The van der Waals surface area contributed by atoms with Gasteiger partial charge in [0.2, 0.25) is 5.91 Å². The van der Waals surface area contributed by atoms with Gasteiger partial charge in [0, 0.05) is 38.4 Å². The molecular weight excluding hydrogens is 358 g/mol. The Hall–Kier alpha value is -2.33. The molecule has 0 spiro atoms. The maximum absolute atomic E-state index is 12.5. The minimum Gasteiger partial charge on any atom is -0.369 e. The molecule has 1 amide bonds. The van der Waals surface area contributed by atoms with E-state index in [4.69, 9.17) is 0 Å². The van der Waals surface area contributed by atoms with Crippen LogP contribution in [-0.4, -0.2) is 50.1 Å². The van der Waals surface area contributed by atoms with Gasteiger partial charge in [0.25, 0.3) is 0 Å². The summed E-state index contributed by atoms with van der Waals surface area (Å²) in [5.41, 5.74) is 6.35. The minimum absolute atomic E-state index is 0.0997. The Morgan fingerprint density at radius 2 is 1.72 bits per heavy atom. The number of anilines is 1. The molecular formula is C25H35N3O. The fourth-order valence-corrected chi connectivity index (χ4v) is 4.15. The third kappa shape index (κ3) is 5.60. The summed E-state index contributed by atoms with van der Waals surface area (Å²) in [6.07, 6.45) is 0.996. The van der Waals surface area contributed by atoms with Crippen LogP contribution in [0.4, 0.5) is 5.69 Å². The van der Waals surface area contributed by atoms with Gasteiger partial charge >= 0.3 is 0 Å². The van der Waals surface area contributed by atoms with E-state index in [1.165, 1.54) is 22.4 Å². The van der Waals surface area contributed by atoms with E-state index in [-0.39, 0.29) is 11.8 Å². The summed E-state index contributed by atoms with van der Waals surface area (Å²) < 4.78 is 0. The molecule has 1 aliphatic rings. The van der Waals surface area contributed by atoms with Crippen LogP contribution in [0.3, 0.4) is 0 Å². The molecule has 1 unspecified atom stereocenters. The van der Waals surface area contributed by atoms with Crippen molar-refractivity contribution in [2.24, 2.45) is 0 Å². The number of hydrogen-bond donors (Lipinski definition) is 1. The smallest absolute Gasteiger partial charge is 0.227 e. The maximum Gasteiger partial charge on any atom is 0.227 e. The van der Waals surface area contributed by atoms with Crippen molar-refractivity contribution < 1.29 is 4.79 Å². The lowest BCUT2D eigenvalue weighted by Crippen LogP contribution is -2.47. The highest BCUT2D eigenvalue weighted by atomic mass is 16.1. The van der Waals surface area contributed by atoms with Gasteiger partial charge in [-0.2, -0.15) is 0 Å². The third-order valence-electron chi connectivity index (χ3n) is 6.08. The standard InChI is InChI=1S/C25H35N3O/c1-19-10-11-21(3)24(18-19)28-16-14-27(15-17-28)13-7-12-26-25(29)22(4)23-9-6-5-8-20(23)2/h5-6,8-11,18,22H,7,12-17H2,1-4H3,(H,26,29). The summed E-state index contributed by atoms with van der Waals surface area (Å²) in [6.45, 7) is 14.5. The number of benzene rings is 2. The zero-order chi connectivity index (χ0) is 20.8. The zero-order valence-electron chi connectivity index (χ0n) is 18.4. The average Bonchev–Trinajstić information content (AvgIpc) is 2.73. The van der Waals surface area contributed by atoms with Crippen LogP contribution in [0.5, 0.6) is 0 Å². The Labute approximate surface area is 175 Å². The third-order valence-corrected chi connectivity index (χ3v) is 6.08. The predicted octanol–water partition coefficient (Wildman–Crippen LogP) is 4.04. The van der Waals surface area contributed by atoms with Crippen LogP contribution in [0.15, 0.2) is 42.5 Å². The van der Waals surface area contributed by atoms with Crippen LogP contribution >= 0.6 is 0 Å². The Bertz CT molecular complexity index is 825. The Balaban J connectivity index is 1.38. The normalized spacial score (nSPS) is 15.9. The second-order valence-corrected chi connectivity index (χ2v) is 8.34. The highest BCUT2D eigenvalue weighted by Crippen LogP contribution is 2.23. The molecule has 1 N–H and O–H groups in total. The molecule has 1 heterocycles. The first-order valence-corrected chi connectivity index (χ1v) is 10.8. The minimum atomic E-state index is -0.0997. The fraction of sp³-hybridized carbons (Fsp3) is 0.480. The quantitative estimate of drug-likeness (QED) is 0.721. The van der Waals surface area contributed by atoms with Gasteiger partial charge < -0.3 is 10.2 Å². The van der Waals surface area contributed by atoms with E-state index in [1.54, 1.807) is 0 Å². The van der Waals surface area contributed by atoms with Crippen molar-refractivity contribution in [3.05, 3.63) is 64.7 Å². The van der Waals surface area contributed by atoms with E-state index < -0.39 is 0 Å². The number of hydrogen-bond acceptors (Lipinski definition) is 3. The molecule has 0 aromatic heterocycles. The summed E-state index contributed by atoms with van der Waals surface area (Å²) >= 11 is 0. The van der Waals surface area contributed by atoms with E-state index in [0.717, 1.165) is 51.3 Å². The number of rotatable bonds is 7. The summed E-state index contributed by atoms with van der Waals surface area (Å²) in [5.74, 6) is 0.0244. The van der Waals surface area contributed by atoms with Gasteiger partial charge in [0.15, 0.2) is 0 Å². The van der Waals surface area contributed by atoms with Gasteiger partial charge in [-0.15, -0.1) is 0 Å². The van der Waals surface area contributed by atoms with Gasteiger partial charge in [-0.05, 0) is 69.0 Å². The van der Waals surface area contributed by atoms with Crippen molar-refractivity contribution in [2.75, 3.05) is 44.2 Å². The highest BCUT2D eigenvalue weighted by Gasteiger charge is 2.19. The SMILES string of the molecule is Cc1ccc(C)c(N2CCN(CCCNC(=O)C(C)c3ccccc3C)CC2)c1. The summed E-state index contributed by atoms with van der Waals surface area (Å²) in [7, 11) is 0. The molecule has 1 fully saturated rings. The molecule has 0 bridgehead atoms. The molecule has 1 atom stereocenters. The number of amides is 1. The van der Waals surface area contributed by atoms with Crippen molar-refractivity contribution >= 4 is 11.6 Å². The first-order chi connectivity index (χ1) is 14.0. The average molecular weight is 394 g/mol. The summed E-state index contributed by atoms with van der Waals surface area (Å²) in [6, 6.07) is 14.8. The van der Waals surface area contributed by atoms with Crippen LogP contribution in [0.25, 0.3) is 0 Å². The fourth-order valence-electron chi connectivity index (χ4n) is 4.15. The van der Waals surface area contributed by atoms with E-state index in [1.807, 2.05) is 19.1 Å². The molecule has 0 radical (unpaired) electrons. The first-order valence-electron chi connectivity index (χ1n) is 10.8. The van der Waals surface area contributed by atoms with Crippen molar-refractivity contribution in [3.8, 4) is 0 Å². The lowest BCUT2D eigenvalue weighted by molar-refractivity contribution is -0.122. The summed E-state index contributed by atoms with van der Waals surface area (Å²) in [4.78, 5) is 17.5.